The van der Waals surface area contributed by atoms with Crippen LogP contribution in [-0.4, -0.2) is 52.6 Å². The number of nitrogens with two attached hydrogens (primary N) is 2. The Labute approximate surface area is 254 Å². The molecule has 0 fully saturated rings. The van der Waals surface area contributed by atoms with E-state index in [1.165, 1.54) is 22.4 Å². The molecule has 0 saturated heterocycles. The first-order valence-corrected chi connectivity index (χ1v) is 15.3. The summed E-state index contributed by atoms with van der Waals surface area (Å²) < 4.78 is 0. The van der Waals surface area contributed by atoms with Gasteiger partial charge in [-0.05, 0) is 72.4 Å². The number of aldehydes is 1. The molecule has 43 heavy (non-hydrogen) atoms. The van der Waals surface area contributed by atoms with Crippen molar-refractivity contribution in [3.8, 4) is 0 Å². The van der Waals surface area contributed by atoms with Gasteiger partial charge < -0.3 is 36.8 Å². The summed E-state index contributed by atoms with van der Waals surface area (Å²) in [7, 11) is 0. The second-order valence-electron chi connectivity index (χ2n) is 11.1. The van der Waals surface area contributed by atoms with Gasteiger partial charge in [-0.3, -0.25) is 0 Å². The number of aromatic nitrogens is 1. The van der Waals surface area contributed by atoms with E-state index in [-0.39, 0.29) is 30.9 Å². The molecule has 1 heterocycles. The van der Waals surface area contributed by atoms with Crippen molar-refractivity contribution in [3.05, 3.63) is 83.3 Å². The lowest BCUT2D eigenvalue weighted by Crippen LogP contribution is -2.24. The van der Waals surface area contributed by atoms with Crippen LogP contribution in [0.5, 0.6) is 0 Å². The highest BCUT2D eigenvalue weighted by Crippen LogP contribution is 2.34. The van der Waals surface area contributed by atoms with E-state index >= 15 is 0 Å². The molecule has 7 N–H and O–H groups in total. The number of carboxylic acid groups (broad SMARTS) is 1. The highest BCUT2D eigenvalue weighted by molar-refractivity contribution is 5.83. The van der Waals surface area contributed by atoms with Crippen LogP contribution in [0.3, 0.4) is 0 Å². The Hall–Kier alpha value is -4.11. The molecule has 3 rings (SSSR count). The standard InChI is InChI=1S/C34H46N5O4/c35-34(36)38-23-30(22-33(42)43)31(39-32-14-7-19-37-32)18-17-27(29-16-15-26-12-5-6-13-28(26)21-29)11-4-2-1-3-9-25(24-41)10-8-20-40/h5-7,12-16,19,21-22,24-25,27,31,37,40H,1-4,8-11,17-18,20,23H2,(H,42,43)(H4,35,36,38)/q-1. The van der Waals surface area contributed by atoms with E-state index in [9.17, 15) is 14.7 Å². The van der Waals surface area contributed by atoms with Crippen molar-refractivity contribution in [2.45, 2.75) is 76.2 Å². The van der Waals surface area contributed by atoms with Crippen molar-refractivity contribution in [1.82, 2.24) is 4.98 Å². The number of unbranched alkanes of at least 4 members (excludes halogenated alkanes) is 3. The predicted octanol–water partition coefficient (Wildman–Crippen LogP) is 6.32. The number of aromatic amines is 1. The third-order valence-electron chi connectivity index (χ3n) is 7.89. The van der Waals surface area contributed by atoms with Crippen LogP contribution in [0.25, 0.3) is 16.1 Å². The summed E-state index contributed by atoms with van der Waals surface area (Å²) in [6, 6.07) is 18.2. The third kappa shape index (κ3) is 12.0. The Balaban J connectivity index is 1.74. The van der Waals surface area contributed by atoms with Crippen molar-refractivity contribution in [2.75, 3.05) is 13.2 Å². The average molecular weight is 589 g/mol. The van der Waals surface area contributed by atoms with E-state index < -0.39 is 12.0 Å². The number of rotatable bonds is 21. The minimum atomic E-state index is -1.06. The highest BCUT2D eigenvalue weighted by Gasteiger charge is 2.18. The number of hydrogen-bond donors (Lipinski definition) is 5. The van der Waals surface area contributed by atoms with E-state index in [1.807, 2.05) is 24.3 Å². The van der Waals surface area contributed by atoms with Crippen LogP contribution >= 0.6 is 0 Å². The lowest BCUT2D eigenvalue weighted by atomic mass is 9.85. The Morgan fingerprint density at radius 2 is 1.65 bits per heavy atom. The summed E-state index contributed by atoms with van der Waals surface area (Å²) in [5, 5.41) is 25.9. The zero-order valence-corrected chi connectivity index (χ0v) is 24.9. The molecule has 3 unspecified atom stereocenters. The number of aliphatic carboxylic acids is 1. The zero-order valence-electron chi connectivity index (χ0n) is 24.9. The lowest BCUT2D eigenvalue weighted by Gasteiger charge is -2.29. The van der Waals surface area contributed by atoms with Gasteiger partial charge in [-0.2, -0.15) is 0 Å². The average Bonchev–Trinajstić information content (AvgIpc) is 3.52. The van der Waals surface area contributed by atoms with Crippen molar-refractivity contribution < 1.29 is 19.8 Å². The second-order valence-corrected chi connectivity index (χ2v) is 11.1. The number of carboxylic acids is 1. The molecule has 9 heteroatoms. The van der Waals surface area contributed by atoms with Crippen LogP contribution in [0.2, 0.25) is 0 Å². The fourth-order valence-electron chi connectivity index (χ4n) is 5.57. The van der Waals surface area contributed by atoms with Gasteiger partial charge in [0.05, 0.1) is 6.54 Å². The number of guanidine groups is 1. The van der Waals surface area contributed by atoms with Gasteiger partial charge in [-0.25, -0.2) is 9.79 Å². The van der Waals surface area contributed by atoms with Crippen molar-refractivity contribution in [1.29, 1.82) is 0 Å². The number of aliphatic hydroxyl groups is 1. The lowest BCUT2D eigenvalue weighted by molar-refractivity contribution is -0.131. The number of aliphatic imine (C=N–C) groups is 1. The second kappa shape index (κ2) is 18.4. The van der Waals surface area contributed by atoms with Crippen LogP contribution in [0.4, 0.5) is 5.82 Å². The van der Waals surface area contributed by atoms with Gasteiger partial charge in [0.2, 0.25) is 0 Å². The fraction of sp³-hybridized carbons (Fsp3) is 0.441. The highest BCUT2D eigenvalue weighted by atomic mass is 16.4. The van der Waals surface area contributed by atoms with E-state index in [0.29, 0.717) is 24.2 Å². The number of hydrogen-bond acceptors (Lipinski definition) is 4. The SMILES string of the molecule is NC(N)=NCC(=CC(=O)O)C(CCC(CCCCCCC(C=O)CCCO)c1ccc2ccccc2c1)[N-]c1ccc[nH]1. The number of carbonyl (C=O) groups is 2. The molecule has 0 amide bonds. The van der Waals surface area contributed by atoms with Crippen molar-refractivity contribution >= 4 is 34.8 Å². The Morgan fingerprint density at radius 1 is 0.907 bits per heavy atom. The summed E-state index contributed by atoms with van der Waals surface area (Å²) in [6.45, 7) is 0.186. The molecule has 0 aliphatic heterocycles. The first-order valence-electron chi connectivity index (χ1n) is 15.3. The van der Waals surface area contributed by atoms with Gasteiger partial charge >= 0.3 is 5.97 Å². The number of carbonyl (C=O) groups excluding carboxylic acids is 1. The predicted molar refractivity (Wildman–Crippen MR) is 173 cm³/mol. The number of benzene rings is 2. The van der Waals surface area contributed by atoms with Crippen LogP contribution in [0.1, 0.15) is 75.7 Å². The molecule has 9 nitrogen and oxygen atoms in total. The molecule has 3 aromatic rings. The molecule has 0 saturated carbocycles. The minimum Gasteiger partial charge on any atom is -0.478 e. The Bertz CT molecular complexity index is 1320. The van der Waals surface area contributed by atoms with Gasteiger partial charge in [0, 0.05) is 18.6 Å². The summed E-state index contributed by atoms with van der Waals surface area (Å²) in [6.07, 6.45) is 12.9. The monoisotopic (exact) mass is 588 g/mol. The summed E-state index contributed by atoms with van der Waals surface area (Å²) in [5.41, 5.74) is 13.0. The first kappa shape index (κ1) is 33.4. The van der Waals surface area contributed by atoms with Crippen LogP contribution in [0, 0.1) is 5.92 Å². The molecule has 2 aromatic carbocycles. The molecule has 0 aliphatic carbocycles. The van der Waals surface area contributed by atoms with Gasteiger partial charge in [0.25, 0.3) is 0 Å². The maximum atomic E-state index is 11.7. The number of H-pyrrole nitrogens is 1. The molecular weight excluding hydrogens is 542 g/mol. The van der Waals surface area contributed by atoms with Gasteiger partial charge in [-0.1, -0.05) is 92.3 Å². The van der Waals surface area contributed by atoms with Gasteiger partial charge in [0.1, 0.15) is 6.29 Å². The van der Waals surface area contributed by atoms with Crippen molar-refractivity contribution in [3.63, 3.8) is 0 Å². The Kier molecular flexibility index (Phi) is 14.3. The fourth-order valence-corrected chi connectivity index (χ4v) is 5.57. The van der Waals surface area contributed by atoms with Crippen LogP contribution in [-0.2, 0) is 9.59 Å². The van der Waals surface area contributed by atoms with Gasteiger partial charge in [-0.15, -0.1) is 0 Å². The number of nitrogens with zero attached hydrogens (tertiary/aromatic N) is 2. The molecule has 1 aromatic heterocycles. The van der Waals surface area contributed by atoms with E-state index in [4.69, 9.17) is 21.9 Å². The molecular formula is C34H46N5O4-. The number of aliphatic hydroxyl groups excluding tert-OH is 1. The van der Waals surface area contributed by atoms with E-state index in [0.717, 1.165) is 57.7 Å². The quantitative estimate of drug-likeness (QED) is 0.0321. The third-order valence-corrected chi connectivity index (χ3v) is 7.89. The first-order chi connectivity index (χ1) is 20.9. The van der Waals surface area contributed by atoms with E-state index in [1.54, 1.807) is 6.20 Å². The zero-order chi connectivity index (χ0) is 30.9. The normalized spacial score (nSPS) is 13.7. The number of nitrogens with one attached hydrogen (secondary N) is 1. The van der Waals surface area contributed by atoms with Crippen LogP contribution < -0.4 is 11.5 Å². The largest absolute Gasteiger partial charge is 0.478 e. The maximum Gasteiger partial charge on any atom is 0.328 e. The summed E-state index contributed by atoms with van der Waals surface area (Å²) in [4.78, 5) is 30.2. The molecule has 0 radical (unpaired) electrons. The molecule has 0 spiro atoms. The van der Waals surface area contributed by atoms with E-state index in [2.05, 4.69) is 40.3 Å². The topological polar surface area (TPSA) is 169 Å². The Morgan fingerprint density at radius 3 is 2.33 bits per heavy atom. The van der Waals surface area contributed by atoms with Crippen LogP contribution in [0.15, 0.2) is 77.4 Å². The summed E-state index contributed by atoms with van der Waals surface area (Å²) >= 11 is 0. The van der Waals surface area contributed by atoms with Crippen molar-refractivity contribution in [2.24, 2.45) is 22.4 Å². The summed E-state index contributed by atoms with van der Waals surface area (Å²) in [5.74, 6) is -0.207. The molecule has 0 bridgehead atoms. The molecule has 0 aliphatic rings. The van der Waals surface area contributed by atoms with Gasteiger partial charge in [0.15, 0.2) is 5.96 Å². The minimum absolute atomic E-state index is 0.0323. The number of fused-ring (bicyclic) bond motifs is 1. The molecule has 3 atom stereocenters. The smallest absolute Gasteiger partial charge is 0.328 e. The molecule has 232 valence electrons. The maximum absolute atomic E-state index is 11.7.